The lowest BCUT2D eigenvalue weighted by atomic mass is 10.2. The van der Waals surface area contributed by atoms with Crippen molar-refractivity contribution in [3.8, 4) is 17.2 Å². The Morgan fingerprint density at radius 1 is 1.08 bits per heavy atom. The maximum absolute atomic E-state index is 11.8. The normalized spacial score (nSPS) is 10.2. The average molecular weight is 416 g/mol. The molecule has 0 fully saturated rings. The summed E-state index contributed by atoms with van der Waals surface area (Å²) in [5.74, 6) is 1.07. The number of ether oxygens (including phenoxy) is 4. The van der Waals surface area contributed by atoms with Gasteiger partial charge in [-0.05, 0) is 24.3 Å². The Hall–Kier alpha value is -1.92. The highest BCUT2D eigenvalue weighted by Crippen LogP contribution is 2.33. The minimum Gasteiger partial charge on any atom is -0.493 e. The van der Waals surface area contributed by atoms with Crippen molar-refractivity contribution in [2.75, 3.05) is 20.8 Å². The van der Waals surface area contributed by atoms with Gasteiger partial charge in [-0.1, -0.05) is 39.7 Å². The molecule has 0 aliphatic carbocycles. The van der Waals surface area contributed by atoms with E-state index in [1.807, 2.05) is 0 Å². The van der Waals surface area contributed by atoms with Gasteiger partial charge in [0.25, 0.3) is 0 Å². The van der Waals surface area contributed by atoms with Crippen LogP contribution in [-0.2, 0) is 16.1 Å². The zero-order chi connectivity index (χ0) is 17.5. The number of carbonyl (C=O) groups is 1. The van der Waals surface area contributed by atoms with E-state index in [-0.39, 0.29) is 13.2 Å². The molecule has 0 bridgehead atoms. The number of hydrogen-bond donors (Lipinski definition) is 0. The van der Waals surface area contributed by atoms with Gasteiger partial charge >= 0.3 is 5.97 Å². The second-order valence-electron chi connectivity index (χ2n) is 4.68. The van der Waals surface area contributed by atoms with Crippen molar-refractivity contribution >= 4 is 33.5 Å². The zero-order valence-corrected chi connectivity index (χ0v) is 15.5. The van der Waals surface area contributed by atoms with Crippen molar-refractivity contribution < 1.29 is 23.7 Å². The standard InChI is InChI=1S/C17H16BrClO5/c1-21-15-7-11(12(18)8-16(15)22-2)9-24-17(20)10-23-14-6-4-3-5-13(14)19/h3-8H,9-10H2,1-2H3. The van der Waals surface area contributed by atoms with E-state index in [2.05, 4.69) is 15.9 Å². The molecule has 0 N–H and O–H groups in total. The van der Waals surface area contributed by atoms with Crippen LogP contribution >= 0.6 is 27.5 Å². The fourth-order valence-electron chi connectivity index (χ4n) is 1.91. The topological polar surface area (TPSA) is 54.0 Å². The molecule has 128 valence electrons. The molecule has 2 aromatic carbocycles. The maximum atomic E-state index is 11.8. The van der Waals surface area contributed by atoms with Crippen molar-refractivity contribution in [2.24, 2.45) is 0 Å². The van der Waals surface area contributed by atoms with E-state index in [9.17, 15) is 4.79 Å². The third-order valence-electron chi connectivity index (χ3n) is 3.12. The van der Waals surface area contributed by atoms with Crippen molar-refractivity contribution in [3.05, 3.63) is 51.5 Å². The molecule has 0 aliphatic rings. The van der Waals surface area contributed by atoms with Crippen molar-refractivity contribution in [3.63, 3.8) is 0 Å². The molecule has 24 heavy (non-hydrogen) atoms. The summed E-state index contributed by atoms with van der Waals surface area (Å²) in [5, 5.41) is 0.438. The molecular weight excluding hydrogens is 400 g/mol. The molecule has 2 rings (SSSR count). The lowest BCUT2D eigenvalue weighted by molar-refractivity contribution is -0.147. The van der Waals surface area contributed by atoms with Crippen LogP contribution in [0.15, 0.2) is 40.9 Å². The summed E-state index contributed by atoms with van der Waals surface area (Å²) in [6, 6.07) is 10.4. The van der Waals surface area contributed by atoms with Crippen molar-refractivity contribution in [2.45, 2.75) is 6.61 Å². The molecule has 0 saturated heterocycles. The molecule has 7 heteroatoms. The van der Waals surface area contributed by atoms with Crippen LogP contribution in [0, 0.1) is 0 Å². The van der Waals surface area contributed by atoms with Crippen LogP contribution in [0.2, 0.25) is 5.02 Å². The third kappa shape index (κ3) is 4.79. The monoisotopic (exact) mass is 414 g/mol. The van der Waals surface area contributed by atoms with Crippen LogP contribution in [-0.4, -0.2) is 26.8 Å². The minimum absolute atomic E-state index is 0.0751. The summed E-state index contributed by atoms with van der Waals surface area (Å²) < 4.78 is 21.7. The number of para-hydroxylation sites is 1. The third-order valence-corrected chi connectivity index (χ3v) is 4.17. The molecule has 0 amide bonds. The van der Waals surface area contributed by atoms with Gasteiger partial charge in [0.15, 0.2) is 18.1 Å². The summed E-state index contributed by atoms with van der Waals surface area (Å²) in [6.45, 7) is -0.152. The predicted molar refractivity (Wildman–Crippen MR) is 94.0 cm³/mol. The van der Waals surface area contributed by atoms with E-state index >= 15 is 0 Å². The van der Waals surface area contributed by atoms with Gasteiger partial charge in [0.1, 0.15) is 12.4 Å². The Morgan fingerprint density at radius 3 is 2.42 bits per heavy atom. The van der Waals surface area contributed by atoms with E-state index in [0.29, 0.717) is 22.3 Å². The number of benzene rings is 2. The Bertz CT molecular complexity index is 720. The van der Waals surface area contributed by atoms with Gasteiger partial charge in [0.2, 0.25) is 0 Å². The van der Waals surface area contributed by atoms with E-state index in [4.69, 9.17) is 30.5 Å². The number of halogens is 2. The summed E-state index contributed by atoms with van der Waals surface area (Å²) in [5.41, 5.74) is 0.749. The number of rotatable bonds is 7. The Labute approximate surface area is 153 Å². The van der Waals surface area contributed by atoms with Gasteiger partial charge in [-0.3, -0.25) is 0 Å². The van der Waals surface area contributed by atoms with Gasteiger partial charge in [0, 0.05) is 10.0 Å². The van der Waals surface area contributed by atoms with E-state index in [1.54, 1.807) is 50.6 Å². The highest BCUT2D eigenvalue weighted by molar-refractivity contribution is 9.10. The molecule has 0 atom stereocenters. The van der Waals surface area contributed by atoms with Crippen LogP contribution in [0.25, 0.3) is 0 Å². The van der Waals surface area contributed by atoms with Crippen LogP contribution in [0.3, 0.4) is 0 Å². The van der Waals surface area contributed by atoms with E-state index < -0.39 is 5.97 Å². The smallest absolute Gasteiger partial charge is 0.344 e. The molecular formula is C17H16BrClO5. The van der Waals surface area contributed by atoms with E-state index in [1.165, 1.54) is 0 Å². The summed E-state index contributed by atoms with van der Waals surface area (Å²) >= 11 is 9.37. The Balaban J connectivity index is 1.93. The Kier molecular flexibility index (Phi) is 6.75. The fraction of sp³-hybridized carbons (Fsp3) is 0.235. The van der Waals surface area contributed by atoms with Crippen LogP contribution in [0.5, 0.6) is 17.2 Å². The molecule has 0 aliphatic heterocycles. The molecule has 0 radical (unpaired) electrons. The summed E-state index contributed by atoms with van der Waals surface area (Å²) in [4.78, 5) is 11.8. The second kappa shape index (κ2) is 8.80. The van der Waals surface area contributed by atoms with Gasteiger partial charge < -0.3 is 18.9 Å². The highest BCUT2D eigenvalue weighted by Gasteiger charge is 2.12. The van der Waals surface area contributed by atoms with Crippen molar-refractivity contribution in [1.82, 2.24) is 0 Å². The highest BCUT2D eigenvalue weighted by atomic mass is 79.9. The number of hydrogen-bond acceptors (Lipinski definition) is 5. The molecule has 0 aromatic heterocycles. The van der Waals surface area contributed by atoms with Gasteiger partial charge in [-0.25, -0.2) is 4.79 Å². The SMILES string of the molecule is COc1cc(Br)c(COC(=O)COc2ccccc2Cl)cc1OC. The quantitative estimate of drug-likeness (QED) is 0.633. The van der Waals surface area contributed by atoms with Gasteiger partial charge in [-0.2, -0.15) is 0 Å². The average Bonchev–Trinajstić information content (AvgIpc) is 2.59. The predicted octanol–water partition coefficient (Wildman–Crippen LogP) is 4.24. The first-order valence-electron chi connectivity index (χ1n) is 6.98. The minimum atomic E-state index is -0.503. The number of methoxy groups -OCH3 is 2. The fourth-order valence-corrected chi connectivity index (χ4v) is 2.53. The first-order valence-corrected chi connectivity index (χ1v) is 8.15. The first-order chi connectivity index (χ1) is 11.5. The molecule has 0 unspecified atom stereocenters. The number of esters is 1. The number of carbonyl (C=O) groups excluding carboxylic acids is 1. The van der Waals surface area contributed by atoms with Crippen LogP contribution in [0.1, 0.15) is 5.56 Å². The lowest BCUT2D eigenvalue weighted by Crippen LogP contribution is -2.15. The molecule has 0 spiro atoms. The second-order valence-corrected chi connectivity index (χ2v) is 5.94. The van der Waals surface area contributed by atoms with Crippen LogP contribution < -0.4 is 14.2 Å². The lowest BCUT2D eigenvalue weighted by Gasteiger charge is -2.12. The summed E-state index contributed by atoms with van der Waals surface area (Å²) in [7, 11) is 3.09. The van der Waals surface area contributed by atoms with Crippen molar-refractivity contribution in [1.29, 1.82) is 0 Å². The van der Waals surface area contributed by atoms with Crippen LogP contribution in [0.4, 0.5) is 0 Å². The van der Waals surface area contributed by atoms with Gasteiger partial charge in [-0.15, -0.1) is 0 Å². The van der Waals surface area contributed by atoms with Gasteiger partial charge in [0.05, 0.1) is 19.2 Å². The molecule has 0 heterocycles. The van der Waals surface area contributed by atoms with E-state index in [0.717, 1.165) is 10.0 Å². The zero-order valence-electron chi connectivity index (χ0n) is 13.2. The first kappa shape index (κ1) is 18.4. The summed E-state index contributed by atoms with van der Waals surface area (Å²) in [6.07, 6.45) is 0. The Morgan fingerprint density at radius 2 is 1.75 bits per heavy atom. The maximum Gasteiger partial charge on any atom is 0.344 e. The molecule has 0 saturated carbocycles. The largest absolute Gasteiger partial charge is 0.493 e. The molecule has 5 nitrogen and oxygen atoms in total. The molecule has 2 aromatic rings.